The van der Waals surface area contributed by atoms with Crippen molar-refractivity contribution in [3.8, 4) is 0 Å². The molecule has 2 saturated heterocycles. The van der Waals surface area contributed by atoms with Crippen molar-refractivity contribution in [2.24, 2.45) is 5.92 Å². The Balaban J connectivity index is 1.43. The number of aromatic nitrogens is 1. The van der Waals surface area contributed by atoms with Gasteiger partial charge in [0.1, 0.15) is 0 Å². The van der Waals surface area contributed by atoms with Gasteiger partial charge >= 0.3 is 0 Å². The van der Waals surface area contributed by atoms with Crippen LogP contribution in [-0.2, 0) is 11.2 Å². The molecule has 2 aliphatic heterocycles. The molecular weight excluding hydrogens is 386 g/mol. The molecule has 0 aliphatic carbocycles. The SMILES string of the molecule is Cc1ccc(C(=O)N2CCC(C)CC2)c(C2CCN(C(=O)Cc3ccccc3)CC2)n1. The summed E-state index contributed by atoms with van der Waals surface area (Å²) in [5.74, 6) is 1.22. The highest BCUT2D eigenvalue weighted by Crippen LogP contribution is 2.31. The molecule has 0 bridgehead atoms. The smallest absolute Gasteiger partial charge is 0.255 e. The summed E-state index contributed by atoms with van der Waals surface area (Å²) in [5.41, 5.74) is 3.69. The maximum atomic E-state index is 13.3. The molecule has 0 N–H and O–H groups in total. The van der Waals surface area contributed by atoms with E-state index < -0.39 is 0 Å². The normalized spacial score (nSPS) is 18.3. The molecule has 1 aromatic carbocycles. The summed E-state index contributed by atoms with van der Waals surface area (Å²) in [6.45, 7) is 7.35. The Morgan fingerprint density at radius 3 is 2.23 bits per heavy atom. The van der Waals surface area contributed by atoms with Crippen LogP contribution in [0.4, 0.5) is 0 Å². The summed E-state index contributed by atoms with van der Waals surface area (Å²) in [5, 5.41) is 0. The zero-order valence-electron chi connectivity index (χ0n) is 18.7. The van der Waals surface area contributed by atoms with Gasteiger partial charge in [-0.05, 0) is 56.2 Å². The predicted molar refractivity (Wildman–Crippen MR) is 122 cm³/mol. The number of pyridine rings is 1. The number of hydrogen-bond donors (Lipinski definition) is 0. The van der Waals surface area contributed by atoms with Crippen LogP contribution in [0, 0.1) is 12.8 Å². The van der Waals surface area contributed by atoms with Crippen molar-refractivity contribution in [2.75, 3.05) is 26.2 Å². The lowest BCUT2D eigenvalue weighted by atomic mass is 9.89. The van der Waals surface area contributed by atoms with Gasteiger partial charge in [-0.2, -0.15) is 0 Å². The quantitative estimate of drug-likeness (QED) is 0.746. The Labute approximate surface area is 185 Å². The number of aryl methyl sites for hydroxylation is 1. The number of carbonyl (C=O) groups is 2. The van der Waals surface area contributed by atoms with Crippen LogP contribution < -0.4 is 0 Å². The van der Waals surface area contributed by atoms with E-state index in [-0.39, 0.29) is 17.7 Å². The van der Waals surface area contributed by atoms with E-state index in [1.165, 1.54) is 0 Å². The van der Waals surface area contributed by atoms with Crippen molar-refractivity contribution in [3.63, 3.8) is 0 Å². The Bertz CT molecular complexity index is 912. The lowest BCUT2D eigenvalue weighted by molar-refractivity contribution is -0.131. The van der Waals surface area contributed by atoms with Gasteiger partial charge in [0.25, 0.3) is 5.91 Å². The second-order valence-corrected chi connectivity index (χ2v) is 9.18. The van der Waals surface area contributed by atoms with Gasteiger partial charge in [-0.3, -0.25) is 14.6 Å². The molecule has 2 amide bonds. The monoisotopic (exact) mass is 419 g/mol. The summed E-state index contributed by atoms with van der Waals surface area (Å²) in [4.78, 5) is 34.8. The maximum absolute atomic E-state index is 13.3. The average molecular weight is 420 g/mol. The Morgan fingerprint density at radius 1 is 0.903 bits per heavy atom. The standard InChI is InChI=1S/C26H33N3O2/c1-19-10-14-29(15-11-19)26(31)23-9-8-20(2)27-25(23)22-12-16-28(17-13-22)24(30)18-21-6-4-3-5-7-21/h3-9,19,22H,10-18H2,1-2H3. The minimum Gasteiger partial charge on any atom is -0.342 e. The fraction of sp³-hybridized carbons (Fsp3) is 0.500. The highest BCUT2D eigenvalue weighted by molar-refractivity contribution is 5.95. The molecule has 0 atom stereocenters. The van der Waals surface area contributed by atoms with E-state index in [2.05, 4.69) is 6.92 Å². The Morgan fingerprint density at radius 2 is 1.55 bits per heavy atom. The van der Waals surface area contributed by atoms with Crippen LogP contribution in [-0.4, -0.2) is 52.8 Å². The number of piperidine rings is 2. The van der Waals surface area contributed by atoms with Crippen molar-refractivity contribution in [1.29, 1.82) is 0 Å². The molecule has 1 aromatic heterocycles. The molecule has 31 heavy (non-hydrogen) atoms. The van der Waals surface area contributed by atoms with Crippen molar-refractivity contribution in [3.05, 3.63) is 65.0 Å². The van der Waals surface area contributed by atoms with Crippen LogP contribution in [0.2, 0.25) is 0 Å². The third-order valence-electron chi connectivity index (χ3n) is 6.80. The first-order valence-corrected chi connectivity index (χ1v) is 11.6. The molecule has 5 nitrogen and oxygen atoms in total. The summed E-state index contributed by atoms with van der Waals surface area (Å²) in [7, 11) is 0. The number of benzene rings is 1. The van der Waals surface area contributed by atoms with Gasteiger partial charge in [0.2, 0.25) is 5.91 Å². The van der Waals surface area contributed by atoms with Crippen LogP contribution in [0.1, 0.15) is 65.8 Å². The van der Waals surface area contributed by atoms with Gasteiger partial charge < -0.3 is 9.80 Å². The molecule has 0 saturated carbocycles. The zero-order chi connectivity index (χ0) is 21.8. The van der Waals surface area contributed by atoms with E-state index in [0.717, 1.165) is 74.4 Å². The molecule has 5 heteroatoms. The first-order valence-electron chi connectivity index (χ1n) is 11.6. The third-order valence-corrected chi connectivity index (χ3v) is 6.80. The van der Waals surface area contributed by atoms with Crippen LogP contribution >= 0.6 is 0 Å². The number of nitrogens with zero attached hydrogens (tertiary/aromatic N) is 3. The van der Waals surface area contributed by atoms with Crippen molar-refractivity contribution in [1.82, 2.24) is 14.8 Å². The number of likely N-dealkylation sites (tertiary alicyclic amines) is 2. The van der Waals surface area contributed by atoms with Gasteiger partial charge in [-0.1, -0.05) is 37.3 Å². The molecule has 2 fully saturated rings. The second-order valence-electron chi connectivity index (χ2n) is 9.18. The molecular formula is C26H33N3O2. The zero-order valence-corrected chi connectivity index (χ0v) is 18.7. The lowest BCUT2D eigenvalue weighted by Crippen LogP contribution is -2.40. The molecule has 3 heterocycles. The van der Waals surface area contributed by atoms with E-state index in [1.807, 2.05) is 59.2 Å². The highest BCUT2D eigenvalue weighted by Gasteiger charge is 2.30. The van der Waals surface area contributed by atoms with Gasteiger partial charge in [0, 0.05) is 37.8 Å². The molecule has 0 spiro atoms. The van der Waals surface area contributed by atoms with Gasteiger partial charge in [-0.25, -0.2) is 0 Å². The number of carbonyl (C=O) groups excluding carboxylic acids is 2. The summed E-state index contributed by atoms with van der Waals surface area (Å²) >= 11 is 0. The van der Waals surface area contributed by atoms with Crippen LogP contribution in [0.5, 0.6) is 0 Å². The van der Waals surface area contributed by atoms with E-state index in [1.54, 1.807) is 0 Å². The Hall–Kier alpha value is -2.69. The maximum Gasteiger partial charge on any atom is 0.255 e. The minimum absolute atomic E-state index is 0.122. The van der Waals surface area contributed by atoms with Crippen molar-refractivity contribution < 1.29 is 9.59 Å². The van der Waals surface area contributed by atoms with Crippen LogP contribution in [0.3, 0.4) is 0 Å². The van der Waals surface area contributed by atoms with Gasteiger partial charge in [-0.15, -0.1) is 0 Å². The van der Waals surface area contributed by atoms with E-state index in [4.69, 9.17) is 4.98 Å². The fourth-order valence-electron chi connectivity index (χ4n) is 4.74. The summed E-state index contributed by atoms with van der Waals surface area (Å²) < 4.78 is 0. The third kappa shape index (κ3) is 5.15. The molecule has 164 valence electrons. The van der Waals surface area contributed by atoms with E-state index >= 15 is 0 Å². The number of hydrogen-bond acceptors (Lipinski definition) is 3. The summed E-state index contributed by atoms with van der Waals surface area (Å²) in [6.07, 6.45) is 4.30. The predicted octanol–water partition coefficient (Wildman–Crippen LogP) is 4.21. The first kappa shape index (κ1) is 21.5. The second kappa shape index (κ2) is 9.63. The first-order chi connectivity index (χ1) is 15.0. The van der Waals surface area contributed by atoms with Gasteiger partial charge in [0.15, 0.2) is 0 Å². The highest BCUT2D eigenvalue weighted by atomic mass is 16.2. The van der Waals surface area contributed by atoms with Crippen molar-refractivity contribution >= 4 is 11.8 Å². The largest absolute Gasteiger partial charge is 0.342 e. The summed E-state index contributed by atoms with van der Waals surface area (Å²) in [6, 6.07) is 13.8. The number of rotatable bonds is 4. The van der Waals surface area contributed by atoms with Gasteiger partial charge in [0.05, 0.1) is 17.7 Å². The van der Waals surface area contributed by atoms with Crippen LogP contribution in [0.15, 0.2) is 42.5 Å². The number of amides is 2. The molecule has 0 unspecified atom stereocenters. The molecule has 2 aliphatic rings. The Kier molecular flexibility index (Phi) is 6.69. The van der Waals surface area contributed by atoms with Crippen LogP contribution in [0.25, 0.3) is 0 Å². The molecule has 4 rings (SSSR count). The topological polar surface area (TPSA) is 53.5 Å². The fourth-order valence-corrected chi connectivity index (χ4v) is 4.74. The van der Waals surface area contributed by atoms with Crippen molar-refractivity contribution in [2.45, 2.75) is 51.9 Å². The van der Waals surface area contributed by atoms with E-state index in [9.17, 15) is 9.59 Å². The van der Waals surface area contributed by atoms with E-state index in [0.29, 0.717) is 12.3 Å². The molecule has 0 radical (unpaired) electrons. The minimum atomic E-state index is 0.122. The lowest BCUT2D eigenvalue weighted by Gasteiger charge is -2.34. The molecule has 2 aromatic rings. The average Bonchev–Trinajstić information content (AvgIpc) is 2.80.